The first-order valence-corrected chi connectivity index (χ1v) is 7.31. The maximum absolute atomic E-state index is 13.0. The zero-order valence-corrected chi connectivity index (χ0v) is 12.2. The third-order valence-electron chi connectivity index (χ3n) is 3.65. The Morgan fingerprint density at radius 1 is 1.05 bits per heavy atom. The van der Waals surface area contributed by atoms with E-state index in [4.69, 9.17) is 9.52 Å². The number of benzene rings is 2. The molecule has 114 valence electrons. The van der Waals surface area contributed by atoms with Gasteiger partial charge in [0.15, 0.2) is 0 Å². The molecular weight excluding hydrogens is 281 g/mol. The predicted molar refractivity (Wildman–Crippen MR) is 84.2 cm³/mol. The van der Waals surface area contributed by atoms with E-state index in [0.717, 1.165) is 34.1 Å². The molecule has 2 N–H and O–H groups in total. The summed E-state index contributed by atoms with van der Waals surface area (Å²) in [7, 11) is 0. The van der Waals surface area contributed by atoms with Crippen molar-refractivity contribution in [2.45, 2.75) is 13.0 Å². The Hall–Kier alpha value is -2.17. The van der Waals surface area contributed by atoms with Gasteiger partial charge in [-0.15, -0.1) is 0 Å². The van der Waals surface area contributed by atoms with E-state index in [9.17, 15) is 4.39 Å². The van der Waals surface area contributed by atoms with Crippen LogP contribution >= 0.6 is 0 Å². The van der Waals surface area contributed by atoms with E-state index in [1.807, 2.05) is 12.1 Å². The van der Waals surface area contributed by atoms with Gasteiger partial charge in [-0.1, -0.05) is 24.3 Å². The van der Waals surface area contributed by atoms with Crippen molar-refractivity contribution in [2.24, 2.45) is 0 Å². The molecule has 0 spiro atoms. The van der Waals surface area contributed by atoms with E-state index in [1.165, 1.54) is 12.1 Å². The minimum atomic E-state index is -0.221. The number of rotatable bonds is 6. The highest BCUT2D eigenvalue weighted by Crippen LogP contribution is 2.24. The van der Waals surface area contributed by atoms with E-state index in [-0.39, 0.29) is 12.4 Å². The molecule has 0 radical (unpaired) electrons. The van der Waals surface area contributed by atoms with Crippen LogP contribution in [-0.2, 0) is 13.0 Å². The summed E-state index contributed by atoms with van der Waals surface area (Å²) in [6, 6.07) is 12.6. The Morgan fingerprint density at radius 3 is 2.59 bits per heavy atom. The van der Waals surface area contributed by atoms with E-state index in [2.05, 4.69) is 11.4 Å². The second-order valence-corrected chi connectivity index (χ2v) is 5.30. The number of furan rings is 1. The highest BCUT2D eigenvalue weighted by molar-refractivity contribution is 5.82. The summed E-state index contributed by atoms with van der Waals surface area (Å²) >= 11 is 0. The average molecular weight is 299 g/mol. The molecule has 1 heterocycles. The van der Waals surface area contributed by atoms with Crippen LogP contribution in [-0.4, -0.2) is 18.3 Å². The first-order valence-electron chi connectivity index (χ1n) is 7.31. The van der Waals surface area contributed by atoms with Gasteiger partial charge in [-0.05, 0) is 29.3 Å². The minimum Gasteiger partial charge on any atom is -0.464 e. The second-order valence-electron chi connectivity index (χ2n) is 5.30. The molecule has 22 heavy (non-hydrogen) atoms. The summed E-state index contributed by atoms with van der Waals surface area (Å²) in [5, 5.41) is 13.0. The number of hydrogen-bond acceptors (Lipinski definition) is 3. The van der Waals surface area contributed by atoms with Gasteiger partial charge in [0.25, 0.3) is 0 Å². The fraction of sp³-hybridized carbons (Fsp3) is 0.222. The molecule has 0 atom stereocenters. The maximum Gasteiger partial charge on any atom is 0.134 e. The van der Waals surface area contributed by atoms with E-state index in [1.54, 1.807) is 18.4 Å². The summed E-state index contributed by atoms with van der Waals surface area (Å²) < 4.78 is 18.6. The van der Waals surface area contributed by atoms with Gasteiger partial charge in [-0.3, -0.25) is 0 Å². The number of nitrogens with one attached hydrogen (secondary N) is 1. The molecule has 0 aliphatic carbocycles. The molecule has 0 saturated heterocycles. The molecule has 0 amide bonds. The Labute approximate surface area is 128 Å². The Bertz CT molecular complexity index is 749. The van der Waals surface area contributed by atoms with Gasteiger partial charge in [0.1, 0.15) is 11.4 Å². The molecule has 0 aliphatic rings. The standard InChI is InChI=1S/C18H18FNO2/c19-16-4-1-13(2-5-16)9-15-12-22-18-10-14(3-6-17(15)18)11-20-7-8-21/h1-6,10,12,20-21H,7-9,11H2. The van der Waals surface area contributed by atoms with Gasteiger partial charge >= 0.3 is 0 Å². The lowest BCUT2D eigenvalue weighted by atomic mass is 10.0. The zero-order valence-electron chi connectivity index (χ0n) is 12.2. The molecule has 0 saturated carbocycles. The van der Waals surface area contributed by atoms with Crippen LogP contribution in [0.3, 0.4) is 0 Å². The third kappa shape index (κ3) is 3.35. The topological polar surface area (TPSA) is 45.4 Å². The van der Waals surface area contributed by atoms with E-state index in [0.29, 0.717) is 13.1 Å². The largest absolute Gasteiger partial charge is 0.464 e. The zero-order chi connectivity index (χ0) is 15.4. The quantitative estimate of drug-likeness (QED) is 0.687. The number of fused-ring (bicyclic) bond motifs is 1. The lowest BCUT2D eigenvalue weighted by Crippen LogP contribution is -2.17. The van der Waals surface area contributed by atoms with Crippen molar-refractivity contribution in [3.05, 3.63) is 71.2 Å². The monoisotopic (exact) mass is 299 g/mol. The lowest BCUT2D eigenvalue weighted by molar-refractivity contribution is 0.292. The highest BCUT2D eigenvalue weighted by Gasteiger charge is 2.07. The van der Waals surface area contributed by atoms with Crippen molar-refractivity contribution < 1.29 is 13.9 Å². The van der Waals surface area contributed by atoms with Crippen molar-refractivity contribution in [3.63, 3.8) is 0 Å². The molecule has 3 nitrogen and oxygen atoms in total. The van der Waals surface area contributed by atoms with Crippen molar-refractivity contribution in [1.82, 2.24) is 5.32 Å². The molecule has 3 aromatic rings. The SMILES string of the molecule is OCCNCc1ccc2c(Cc3ccc(F)cc3)coc2c1. The normalized spacial score (nSPS) is 11.2. The summed E-state index contributed by atoms with van der Waals surface area (Å²) in [4.78, 5) is 0. The first kappa shape index (κ1) is 14.8. The fourth-order valence-electron chi connectivity index (χ4n) is 2.51. The van der Waals surface area contributed by atoms with Crippen molar-refractivity contribution in [1.29, 1.82) is 0 Å². The number of hydrogen-bond donors (Lipinski definition) is 2. The van der Waals surface area contributed by atoms with E-state index < -0.39 is 0 Å². The predicted octanol–water partition coefficient (Wildman–Crippen LogP) is 3.24. The van der Waals surface area contributed by atoms with Crippen LogP contribution in [0.25, 0.3) is 11.0 Å². The van der Waals surface area contributed by atoms with Crippen LogP contribution in [0.4, 0.5) is 4.39 Å². The number of aliphatic hydroxyl groups excluding tert-OH is 1. The van der Waals surface area contributed by atoms with Gasteiger partial charge in [-0.25, -0.2) is 4.39 Å². The van der Waals surface area contributed by atoms with Crippen molar-refractivity contribution in [2.75, 3.05) is 13.2 Å². The summed E-state index contributed by atoms with van der Waals surface area (Å²) in [5.74, 6) is -0.221. The van der Waals surface area contributed by atoms with Crippen molar-refractivity contribution >= 4 is 11.0 Å². The van der Waals surface area contributed by atoms with Crippen LogP contribution in [0.15, 0.2) is 53.1 Å². The first-order chi connectivity index (χ1) is 10.8. The molecule has 1 aromatic heterocycles. The number of aliphatic hydroxyl groups is 1. The molecule has 3 rings (SSSR count). The van der Waals surface area contributed by atoms with Gasteiger partial charge in [0.05, 0.1) is 12.9 Å². The van der Waals surface area contributed by atoms with Crippen LogP contribution < -0.4 is 5.32 Å². The van der Waals surface area contributed by atoms with Gasteiger partial charge in [-0.2, -0.15) is 0 Å². The molecular formula is C18H18FNO2. The van der Waals surface area contributed by atoms with Gasteiger partial charge in [0, 0.05) is 30.5 Å². The second kappa shape index (κ2) is 6.73. The van der Waals surface area contributed by atoms with Crippen LogP contribution in [0.5, 0.6) is 0 Å². The average Bonchev–Trinajstić information content (AvgIpc) is 2.92. The molecule has 4 heteroatoms. The summed E-state index contributed by atoms with van der Waals surface area (Å²) in [5.41, 5.74) is 4.11. The Morgan fingerprint density at radius 2 is 1.82 bits per heavy atom. The molecule has 0 bridgehead atoms. The minimum absolute atomic E-state index is 0.130. The lowest BCUT2D eigenvalue weighted by Gasteiger charge is -2.03. The highest BCUT2D eigenvalue weighted by atomic mass is 19.1. The van der Waals surface area contributed by atoms with Crippen LogP contribution in [0.1, 0.15) is 16.7 Å². The smallest absolute Gasteiger partial charge is 0.134 e. The number of halogens is 1. The molecule has 2 aromatic carbocycles. The maximum atomic E-state index is 13.0. The molecule has 0 aliphatic heterocycles. The van der Waals surface area contributed by atoms with Gasteiger partial charge < -0.3 is 14.8 Å². The Balaban J connectivity index is 1.78. The Kier molecular flexibility index (Phi) is 4.51. The summed E-state index contributed by atoms with van der Waals surface area (Å²) in [6.45, 7) is 1.40. The summed E-state index contributed by atoms with van der Waals surface area (Å²) in [6.07, 6.45) is 2.48. The van der Waals surface area contributed by atoms with E-state index >= 15 is 0 Å². The molecule has 0 fully saturated rings. The third-order valence-corrected chi connectivity index (χ3v) is 3.65. The van der Waals surface area contributed by atoms with Crippen LogP contribution in [0.2, 0.25) is 0 Å². The van der Waals surface area contributed by atoms with Crippen molar-refractivity contribution in [3.8, 4) is 0 Å². The fourth-order valence-corrected chi connectivity index (χ4v) is 2.51. The van der Waals surface area contributed by atoms with Gasteiger partial charge in [0.2, 0.25) is 0 Å². The molecule has 0 unspecified atom stereocenters. The van der Waals surface area contributed by atoms with Crippen LogP contribution in [0, 0.1) is 5.82 Å².